The third-order valence-electron chi connectivity index (χ3n) is 1.75. The molecular formula is C11H14O. The minimum absolute atomic E-state index is 0.0937. The molecule has 0 bridgehead atoms. The van der Waals surface area contributed by atoms with Crippen molar-refractivity contribution >= 4 is 0 Å². The maximum atomic E-state index is 5.29. The van der Waals surface area contributed by atoms with Crippen molar-refractivity contribution in [3.8, 4) is 0 Å². The normalized spacial score (nSPS) is 13.5. The third-order valence-corrected chi connectivity index (χ3v) is 1.75. The highest BCUT2D eigenvalue weighted by Crippen LogP contribution is 2.16. The van der Waals surface area contributed by atoms with E-state index >= 15 is 0 Å². The Balaban J connectivity index is 2.80. The molecule has 1 unspecified atom stereocenters. The first-order valence-corrected chi connectivity index (χ1v) is 4.09. The molecule has 0 saturated heterocycles. The van der Waals surface area contributed by atoms with E-state index in [0.717, 1.165) is 0 Å². The SMILES string of the molecule is C/C=C\C(OC)c1ccccc1. The largest absolute Gasteiger partial charge is 0.373 e. The standard InChI is InChI=1S/C11H14O/c1-3-7-11(12-2)10-8-5-4-6-9-10/h3-9,11H,1-2H3/b7-3-. The van der Waals surface area contributed by atoms with Gasteiger partial charge in [0.15, 0.2) is 0 Å². The van der Waals surface area contributed by atoms with E-state index in [0.29, 0.717) is 0 Å². The predicted molar refractivity (Wildman–Crippen MR) is 51.0 cm³/mol. The van der Waals surface area contributed by atoms with Gasteiger partial charge in [0.2, 0.25) is 0 Å². The first-order valence-electron chi connectivity index (χ1n) is 4.09. The van der Waals surface area contributed by atoms with Crippen molar-refractivity contribution in [2.45, 2.75) is 13.0 Å². The number of hydrogen-bond donors (Lipinski definition) is 0. The Hall–Kier alpha value is -1.08. The van der Waals surface area contributed by atoms with Gasteiger partial charge in [-0.1, -0.05) is 42.5 Å². The van der Waals surface area contributed by atoms with Crippen molar-refractivity contribution in [3.63, 3.8) is 0 Å². The van der Waals surface area contributed by atoms with Gasteiger partial charge < -0.3 is 4.74 Å². The predicted octanol–water partition coefficient (Wildman–Crippen LogP) is 2.95. The highest BCUT2D eigenvalue weighted by atomic mass is 16.5. The van der Waals surface area contributed by atoms with Crippen molar-refractivity contribution in [2.24, 2.45) is 0 Å². The second kappa shape index (κ2) is 4.73. The molecule has 0 saturated carbocycles. The maximum absolute atomic E-state index is 5.29. The van der Waals surface area contributed by atoms with E-state index < -0.39 is 0 Å². The van der Waals surface area contributed by atoms with Crippen LogP contribution in [0.4, 0.5) is 0 Å². The molecule has 1 nitrogen and oxygen atoms in total. The smallest absolute Gasteiger partial charge is 0.100 e. The molecule has 0 amide bonds. The molecule has 0 aliphatic heterocycles. The monoisotopic (exact) mass is 162 g/mol. The van der Waals surface area contributed by atoms with E-state index in [-0.39, 0.29) is 6.10 Å². The van der Waals surface area contributed by atoms with Crippen LogP contribution in [0.5, 0.6) is 0 Å². The van der Waals surface area contributed by atoms with Gasteiger partial charge in [0, 0.05) is 7.11 Å². The quantitative estimate of drug-likeness (QED) is 0.621. The summed E-state index contributed by atoms with van der Waals surface area (Å²) >= 11 is 0. The van der Waals surface area contributed by atoms with E-state index in [1.54, 1.807) is 7.11 Å². The first kappa shape index (κ1) is 9.01. The van der Waals surface area contributed by atoms with E-state index in [1.807, 2.05) is 37.3 Å². The molecule has 0 fully saturated rings. The summed E-state index contributed by atoms with van der Waals surface area (Å²) in [5, 5.41) is 0. The zero-order chi connectivity index (χ0) is 8.81. The van der Waals surface area contributed by atoms with Gasteiger partial charge in [0.1, 0.15) is 6.10 Å². The van der Waals surface area contributed by atoms with Crippen LogP contribution in [-0.2, 0) is 4.74 Å². The summed E-state index contributed by atoms with van der Waals surface area (Å²) < 4.78 is 5.29. The molecule has 64 valence electrons. The number of ether oxygens (including phenoxy) is 1. The summed E-state index contributed by atoms with van der Waals surface area (Å²) in [6.45, 7) is 2.00. The van der Waals surface area contributed by atoms with E-state index in [9.17, 15) is 0 Å². The van der Waals surface area contributed by atoms with Crippen LogP contribution in [0.15, 0.2) is 42.5 Å². The Labute approximate surface area is 73.7 Å². The summed E-state index contributed by atoms with van der Waals surface area (Å²) in [5.74, 6) is 0. The minimum Gasteiger partial charge on any atom is -0.373 e. The molecule has 1 aromatic carbocycles. The zero-order valence-electron chi connectivity index (χ0n) is 7.53. The highest BCUT2D eigenvalue weighted by molar-refractivity contribution is 5.21. The van der Waals surface area contributed by atoms with Gasteiger partial charge in [0.05, 0.1) is 0 Å². The number of rotatable bonds is 3. The molecule has 12 heavy (non-hydrogen) atoms. The van der Waals surface area contributed by atoms with Crippen molar-refractivity contribution in [1.82, 2.24) is 0 Å². The molecule has 1 aromatic rings. The van der Waals surface area contributed by atoms with E-state index in [1.165, 1.54) is 5.56 Å². The summed E-state index contributed by atoms with van der Waals surface area (Å²) in [4.78, 5) is 0. The van der Waals surface area contributed by atoms with Crippen LogP contribution < -0.4 is 0 Å². The van der Waals surface area contributed by atoms with Crippen LogP contribution in [0.2, 0.25) is 0 Å². The van der Waals surface area contributed by atoms with Gasteiger partial charge in [-0.2, -0.15) is 0 Å². The molecule has 0 aliphatic rings. The van der Waals surface area contributed by atoms with Gasteiger partial charge in [-0.25, -0.2) is 0 Å². The zero-order valence-corrected chi connectivity index (χ0v) is 7.53. The van der Waals surface area contributed by atoms with Crippen LogP contribution in [-0.4, -0.2) is 7.11 Å². The fraction of sp³-hybridized carbons (Fsp3) is 0.273. The van der Waals surface area contributed by atoms with E-state index in [4.69, 9.17) is 4.74 Å². The topological polar surface area (TPSA) is 9.23 Å². The molecule has 0 N–H and O–H groups in total. The number of allylic oxidation sites excluding steroid dienone is 1. The lowest BCUT2D eigenvalue weighted by molar-refractivity contribution is 0.142. The van der Waals surface area contributed by atoms with Gasteiger partial charge in [-0.15, -0.1) is 0 Å². The lowest BCUT2D eigenvalue weighted by atomic mass is 10.1. The number of hydrogen-bond acceptors (Lipinski definition) is 1. The fourth-order valence-corrected chi connectivity index (χ4v) is 1.14. The van der Waals surface area contributed by atoms with Crippen LogP contribution >= 0.6 is 0 Å². The molecule has 0 aliphatic carbocycles. The van der Waals surface area contributed by atoms with Crippen LogP contribution in [0.1, 0.15) is 18.6 Å². The minimum atomic E-state index is 0.0937. The van der Waals surface area contributed by atoms with Crippen molar-refractivity contribution in [3.05, 3.63) is 48.0 Å². The van der Waals surface area contributed by atoms with Crippen molar-refractivity contribution < 1.29 is 4.74 Å². The fourth-order valence-electron chi connectivity index (χ4n) is 1.14. The lowest BCUT2D eigenvalue weighted by Gasteiger charge is -2.10. The van der Waals surface area contributed by atoms with Gasteiger partial charge in [0.25, 0.3) is 0 Å². The van der Waals surface area contributed by atoms with E-state index in [2.05, 4.69) is 12.1 Å². The summed E-state index contributed by atoms with van der Waals surface area (Å²) in [5.41, 5.74) is 1.19. The Morgan fingerprint density at radius 1 is 1.25 bits per heavy atom. The second-order valence-corrected chi connectivity index (χ2v) is 2.59. The lowest BCUT2D eigenvalue weighted by Crippen LogP contribution is -1.96. The number of benzene rings is 1. The average molecular weight is 162 g/mol. The van der Waals surface area contributed by atoms with Crippen LogP contribution in [0.25, 0.3) is 0 Å². The average Bonchev–Trinajstić information content (AvgIpc) is 2.15. The third kappa shape index (κ3) is 2.21. The Kier molecular flexibility index (Phi) is 3.55. The molecule has 1 heteroatoms. The Bertz CT molecular complexity index is 238. The summed E-state index contributed by atoms with van der Waals surface area (Å²) in [7, 11) is 1.72. The first-order chi connectivity index (χ1) is 5.88. The van der Waals surface area contributed by atoms with Crippen molar-refractivity contribution in [2.75, 3.05) is 7.11 Å². The van der Waals surface area contributed by atoms with Crippen LogP contribution in [0.3, 0.4) is 0 Å². The van der Waals surface area contributed by atoms with Gasteiger partial charge in [-0.3, -0.25) is 0 Å². The molecule has 0 aromatic heterocycles. The Morgan fingerprint density at radius 2 is 1.92 bits per heavy atom. The second-order valence-electron chi connectivity index (χ2n) is 2.59. The molecule has 1 rings (SSSR count). The summed E-state index contributed by atoms with van der Waals surface area (Å²) in [6, 6.07) is 10.2. The molecule has 0 radical (unpaired) electrons. The molecule has 0 heterocycles. The molecular weight excluding hydrogens is 148 g/mol. The molecule has 0 spiro atoms. The number of methoxy groups -OCH3 is 1. The summed E-state index contributed by atoms with van der Waals surface area (Å²) in [6.07, 6.45) is 4.13. The molecule has 1 atom stereocenters. The highest BCUT2D eigenvalue weighted by Gasteiger charge is 2.03. The van der Waals surface area contributed by atoms with Gasteiger partial charge in [-0.05, 0) is 12.5 Å². The van der Waals surface area contributed by atoms with Crippen molar-refractivity contribution in [1.29, 1.82) is 0 Å². The van der Waals surface area contributed by atoms with Gasteiger partial charge >= 0.3 is 0 Å². The maximum Gasteiger partial charge on any atom is 0.100 e. The van der Waals surface area contributed by atoms with Crippen LogP contribution in [0, 0.1) is 0 Å². The Morgan fingerprint density at radius 3 is 2.42 bits per heavy atom.